The van der Waals surface area contributed by atoms with Gasteiger partial charge in [0.2, 0.25) is 0 Å². The minimum Gasteiger partial charge on any atom is -0.481 e. The highest BCUT2D eigenvalue weighted by Crippen LogP contribution is 2.14. The zero-order chi connectivity index (χ0) is 15.3. The van der Waals surface area contributed by atoms with Crippen LogP contribution in [0.4, 0.5) is 0 Å². The average molecular weight is 312 g/mol. The number of hydrogen-bond donors (Lipinski definition) is 2. The van der Waals surface area contributed by atoms with Crippen LogP contribution < -0.4 is 4.72 Å². The molecule has 1 saturated heterocycles. The van der Waals surface area contributed by atoms with Crippen LogP contribution in [0.5, 0.6) is 0 Å². The summed E-state index contributed by atoms with van der Waals surface area (Å²) in [7, 11) is -3.44. The summed E-state index contributed by atoms with van der Waals surface area (Å²) in [6.07, 6.45) is 2.24. The van der Waals surface area contributed by atoms with Gasteiger partial charge in [-0.3, -0.25) is 4.79 Å². The fraction of sp³-hybridized carbons (Fsp3) is 0.500. The third kappa shape index (κ3) is 4.52. The molecule has 0 amide bonds. The van der Waals surface area contributed by atoms with E-state index in [4.69, 9.17) is 5.11 Å². The highest BCUT2D eigenvalue weighted by molar-refractivity contribution is 7.87. The second-order valence-electron chi connectivity index (χ2n) is 5.09. The number of aliphatic carboxylic acids is 1. The molecule has 0 aromatic heterocycles. The molecular formula is C14H20N2O4S. The molecule has 0 atom stereocenters. The summed E-state index contributed by atoms with van der Waals surface area (Å²) in [6.45, 7) is 1.32. The number of hydrogen-bond acceptors (Lipinski definition) is 3. The molecule has 1 aliphatic heterocycles. The molecule has 21 heavy (non-hydrogen) atoms. The molecule has 0 unspecified atom stereocenters. The van der Waals surface area contributed by atoms with Crippen molar-refractivity contribution >= 4 is 16.2 Å². The number of rotatable bonds is 7. The third-order valence-electron chi connectivity index (χ3n) is 3.58. The van der Waals surface area contributed by atoms with Crippen LogP contribution in [0.15, 0.2) is 24.3 Å². The molecular weight excluding hydrogens is 292 g/mol. The van der Waals surface area contributed by atoms with Crippen molar-refractivity contribution in [3.8, 4) is 0 Å². The molecule has 1 aromatic carbocycles. The number of aryl methyl sites for hydroxylation is 1. The van der Waals surface area contributed by atoms with Crippen LogP contribution in [0.25, 0.3) is 0 Å². The number of nitrogens with zero attached hydrogens (tertiary/aromatic N) is 1. The predicted molar refractivity (Wildman–Crippen MR) is 79.0 cm³/mol. The van der Waals surface area contributed by atoms with E-state index >= 15 is 0 Å². The van der Waals surface area contributed by atoms with Crippen molar-refractivity contribution in [2.45, 2.75) is 32.2 Å². The van der Waals surface area contributed by atoms with Crippen molar-refractivity contribution in [1.29, 1.82) is 0 Å². The fourth-order valence-electron chi connectivity index (χ4n) is 2.40. The Morgan fingerprint density at radius 1 is 1.19 bits per heavy atom. The second-order valence-corrected chi connectivity index (χ2v) is 6.85. The van der Waals surface area contributed by atoms with Gasteiger partial charge in [-0.15, -0.1) is 0 Å². The Bertz CT molecular complexity index is 595. The number of carboxylic acids is 1. The Labute approximate surface area is 125 Å². The zero-order valence-electron chi connectivity index (χ0n) is 11.8. The summed E-state index contributed by atoms with van der Waals surface area (Å²) in [4.78, 5) is 10.7. The Morgan fingerprint density at radius 3 is 2.43 bits per heavy atom. The Morgan fingerprint density at radius 2 is 1.81 bits per heavy atom. The molecule has 0 aliphatic carbocycles. The predicted octanol–water partition coefficient (Wildman–Crippen LogP) is 1.13. The van der Waals surface area contributed by atoms with Crippen LogP contribution in [0.2, 0.25) is 0 Å². The Balaban J connectivity index is 2.00. The first-order valence-corrected chi connectivity index (χ1v) is 8.46. The molecule has 1 aliphatic rings. The summed E-state index contributed by atoms with van der Waals surface area (Å²) in [6, 6.07) is 7.31. The van der Waals surface area contributed by atoms with Crippen LogP contribution in [-0.4, -0.2) is 36.9 Å². The van der Waals surface area contributed by atoms with Crippen molar-refractivity contribution in [2.24, 2.45) is 0 Å². The molecule has 116 valence electrons. The number of carbonyl (C=O) groups is 1. The summed E-state index contributed by atoms with van der Waals surface area (Å²) in [5.74, 6) is -0.859. The molecule has 0 radical (unpaired) electrons. The van der Waals surface area contributed by atoms with Crippen LogP contribution in [0.3, 0.4) is 0 Å². The summed E-state index contributed by atoms with van der Waals surface area (Å²) < 4.78 is 28.3. The first kappa shape index (κ1) is 15.9. The first-order valence-electron chi connectivity index (χ1n) is 7.02. The lowest BCUT2D eigenvalue weighted by molar-refractivity contribution is -0.136. The maximum atomic E-state index is 12.1. The van der Waals surface area contributed by atoms with Gasteiger partial charge >= 0.3 is 5.97 Å². The number of benzene rings is 1. The first-order chi connectivity index (χ1) is 9.99. The van der Waals surface area contributed by atoms with E-state index in [1.165, 1.54) is 4.31 Å². The SMILES string of the molecule is O=C(O)CCc1ccccc1CNS(=O)(=O)N1CCCC1. The van der Waals surface area contributed by atoms with Crippen molar-refractivity contribution in [3.63, 3.8) is 0 Å². The van der Waals surface area contributed by atoms with E-state index < -0.39 is 16.2 Å². The summed E-state index contributed by atoms with van der Waals surface area (Å²) in [5, 5.41) is 8.75. The minimum absolute atomic E-state index is 0.0376. The summed E-state index contributed by atoms with van der Waals surface area (Å²) in [5.41, 5.74) is 1.69. The van der Waals surface area contributed by atoms with E-state index in [9.17, 15) is 13.2 Å². The van der Waals surface area contributed by atoms with E-state index in [0.29, 0.717) is 19.5 Å². The smallest absolute Gasteiger partial charge is 0.303 e. The van der Waals surface area contributed by atoms with Gasteiger partial charge in [0.15, 0.2) is 0 Å². The number of nitrogens with one attached hydrogen (secondary N) is 1. The third-order valence-corrected chi connectivity index (χ3v) is 5.13. The normalized spacial score (nSPS) is 16.2. The molecule has 2 N–H and O–H groups in total. The summed E-state index contributed by atoms with van der Waals surface area (Å²) >= 11 is 0. The van der Waals surface area contributed by atoms with E-state index in [-0.39, 0.29) is 13.0 Å². The lowest BCUT2D eigenvalue weighted by Crippen LogP contribution is -2.38. The molecule has 1 aromatic rings. The highest BCUT2D eigenvalue weighted by Gasteiger charge is 2.24. The molecule has 0 bridgehead atoms. The van der Waals surface area contributed by atoms with Crippen LogP contribution in [-0.2, 0) is 28.0 Å². The topological polar surface area (TPSA) is 86.7 Å². The van der Waals surface area contributed by atoms with Gasteiger partial charge in [-0.25, -0.2) is 0 Å². The minimum atomic E-state index is -3.44. The lowest BCUT2D eigenvalue weighted by Gasteiger charge is -2.17. The zero-order valence-corrected chi connectivity index (χ0v) is 12.6. The highest BCUT2D eigenvalue weighted by atomic mass is 32.2. The van der Waals surface area contributed by atoms with Crippen molar-refractivity contribution < 1.29 is 18.3 Å². The van der Waals surface area contributed by atoms with Gasteiger partial charge in [0.1, 0.15) is 0 Å². The maximum absolute atomic E-state index is 12.1. The van der Waals surface area contributed by atoms with Crippen LogP contribution in [0.1, 0.15) is 30.4 Å². The molecule has 1 fully saturated rings. The fourth-order valence-corrected chi connectivity index (χ4v) is 3.66. The molecule has 1 heterocycles. The molecule has 7 heteroatoms. The molecule has 6 nitrogen and oxygen atoms in total. The second kappa shape index (κ2) is 7.02. The van der Waals surface area contributed by atoms with E-state index in [1.54, 1.807) is 0 Å². The van der Waals surface area contributed by atoms with Gasteiger partial charge in [0, 0.05) is 26.1 Å². The van der Waals surface area contributed by atoms with Crippen molar-refractivity contribution in [2.75, 3.05) is 13.1 Å². The standard InChI is InChI=1S/C14H20N2O4S/c17-14(18)8-7-12-5-1-2-6-13(12)11-15-21(19,20)16-9-3-4-10-16/h1-2,5-6,15H,3-4,7-11H2,(H,17,18). The van der Waals surface area contributed by atoms with Gasteiger partial charge < -0.3 is 5.11 Å². The van der Waals surface area contributed by atoms with E-state index in [2.05, 4.69) is 4.72 Å². The van der Waals surface area contributed by atoms with Crippen molar-refractivity contribution in [1.82, 2.24) is 9.03 Å². The van der Waals surface area contributed by atoms with Crippen LogP contribution >= 0.6 is 0 Å². The van der Waals surface area contributed by atoms with Gasteiger partial charge in [0.05, 0.1) is 0 Å². The quantitative estimate of drug-likeness (QED) is 0.790. The van der Waals surface area contributed by atoms with Crippen LogP contribution in [0, 0.1) is 0 Å². The molecule has 0 saturated carbocycles. The Kier molecular flexibility index (Phi) is 5.33. The van der Waals surface area contributed by atoms with Gasteiger partial charge in [-0.1, -0.05) is 24.3 Å². The monoisotopic (exact) mass is 312 g/mol. The maximum Gasteiger partial charge on any atom is 0.303 e. The number of carboxylic acid groups (broad SMARTS) is 1. The lowest BCUT2D eigenvalue weighted by atomic mass is 10.0. The molecule has 0 spiro atoms. The molecule has 2 rings (SSSR count). The van der Waals surface area contributed by atoms with Crippen molar-refractivity contribution in [3.05, 3.63) is 35.4 Å². The van der Waals surface area contributed by atoms with E-state index in [1.807, 2.05) is 24.3 Å². The van der Waals surface area contributed by atoms with Gasteiger partial charge in [-0.2, -0.15) is 17.4 Å². The Hall–Kier alpha value is -1.44. The average Bonchev–Trinajstić information content (AvgIpc) is 2.99. The van der Waals surface area contributed by atoms with Gasteiger partial charge in [-0.05, 0) is 30.4 Å². The largest absolute Gasteiger partial charge is 0.481 e. The van der Waals surface area contributed by atoms with E-state index in [0.717, 1.165) is 24.0 Å². The van der Waals surface area contributed by atoms with Gasteiger partial charge in [0.25, 0.3) is 10.2 Å².